The van der Waals surface area contributed by atoms with Crippen molar-refractivity contribution in [2.75, 3.05) is 11.9 Å². The van der Waals surface area contributed by atoms with Crippen molar-refractivity contribution in [2.24, 2.45) is 7.05 Å². The van der Waals surface area contributed by atoms with E-state index in [0.717, 1.165) is 5.56 Å². The molecule has 0 atom stereocenters. The van der Waals surface area contributed by atoms with E-state index in [1.54, 1.807) is 34.4 Å². The molecule has 0 radical (unpaired) electrons. The Balaban J connectivity index is 1.98. The summed E-state index contributed by atoms with van der Waals surface area (Å²) in [6.07, 6.45) is 5.27. The average Bonchev–Trinajstić information content (AvgIpc) is 3.02. The van der Waals surface area contributed by atoms with Crippen LogP contribution in [0.15, 0.2) is 24.0 Å². The molecule has 3 heterocycles. The molecule has 3 aromatic rings. The summed E-state index contributed by atoms with van der Waals surface area (Å²) in [7, 11) is 3.62. The SMILES string of the molecule is CN(Cc1cnn(C)c1)c1nc2sccn2c1[N+](=O)[O-]. The van der Waals surface area contributed by atoms with Crippen molar-refractivity contribution >= 4 is 27.9 Å². The van der Waals surface area contributed by atoms with Gasteiger partial charge in [0.05, 0.1) is 6.20 Å². The maximum atomic E-state index is 11.3. The second-order valence-electron chi connectivity index (χ2n) is 4.45. The second-order valence-corrected chi connectivity index (χ2v) is 5.32. The van der Waals surface area contributed by atoms with E-state index < -0.39 is 4.92 Å². The van der Waals surface area contributed by atoms with Gasteiger partial charge in [-0.15, -0.1) is 0 Å². The number of rotatable bonds is 4. The number of hydrogen-bond acceptors (Lipinski definition) is 6. The highest BCUT2D eigenvalue weighted by molar-refractivity contribution is 7.15. The molecule has 0 bridgehead atoms. The van der Waals surface area contributed by atoms with Crippen LogP contribution in [0, 0.1) is 10.1 Å². The van der Waals surface area contributed by atoms with Crippen molar-refractivity contribution in [2.45, 2.75) is 6.54 Å². The Hall–Kier alpha value is -2.42. The molecule has 0 N–H and O–H groups in total. The summed E-state index contributed by atoms with van der Waals surface area (Å²) < 4.78 is 3.20. The fourth-order valence-electron chi connectivity index (χ4n) is 2.09. The first-order valence-corrected chi connectivity index (χ1v) is 6.73. The smallest absolute Gasteiger partial charge is 0.358 e. The third-order valence-corrected chi connectivity index (χ3v) is 3.69. The van der Waals surface area contributed by atoms with Crippen LogP contribution < -0.4 is 4.90 Å². The van der Waals surface area contributed by atoms with Gasteiger partial charge in [0.2, 0.25) is 5.82 Å². The summed E-state index contributed by atoms with van der Waals surface area (Å²) >= 11 is 1.37. The number of hydrogen-bond donors (Lipinski definition) is 0. The third kappa shape index (κ3) is 2.01. The van der Waals surface area contributed by atoms with Crippen molar-refractivity contribution in [1.29, 1.82) is 0 Å². The Morgan fingerprint density at radius 2 is 2.35 bits per heavy atom. The number of nitrogens with zero attached hydrogens (tertiary/aromatic N) is 6. The summed E-state index contributed by atoms with van der Waals surface area (Å²) in [6, 6.07) is 0. The van der Waals surface area contributed by atoms with Gasteiger partial charge >= 0.3 is 5.82 Å². The molecule has 3 rings (SSSR count). The first kappa shape index (κ1) is 12.6. The maximum Gasteiger partial charge on any atom is 0.373 e. The molecule has 0 fully saturated rings. The van der Waals surface area contributed by atoms with E-state index in [2.05, 4.69) is 10.1 Å². The van der Waals surface area contributed by atoms with E-state index in [9.17, 15) is 10.1 Å². The molecule has 0 spiro atoms. The minimum atomic E-state index is -0.401. The fraction of sp³-hybridized carbons (Fsp3) is 0.273. The van der Waals surface area contributed by atoms with Gasteiger partial charge in [0, 0.05) is 37.8 Å². The average molecular weight is 292 g/mol. The van der Waals surface area contributed by atoms with E-state index in [0.29, 0.717) is 17.3 Å². The normalized spacial score (nSPS) is 11.1. The lowest BCUT2D eigenvalue weighted by Gasteiger charge is -2.14. The Morgan fingerprint density at radius 1 is 1.55 bits per heavy atom. The highest BCUT2D eigenvalue weighted by Gasteiger charge is 2.26. The number of imidazole rings is 1. The second kappa shape index (κ2) is 4.60. The zero-order valence-corrected chi connectivity index (χ0v) is 11.7. The third-order valence-electron chi connectivity index (χ3n) is 2.93. The molecule has 0 aliphatic rings. The lowest BCUT2D eigenvalue weighted by molar-refractivity contribution is -0.389. The predicted octanol–water partition coefficient (Wildman–Crippen LogP) is 1.67. The number of aryl methyl sites for hydroxylation is 1. The molecular weight excluding hydrogens is 280 g/mol. The number of fused-ring (bicyclic) bond motifs is 1. The van der Waals surface area contributed by atoms with E-state index in [-0.39, 0.29) is 5.82 Å². The van der Waals surface area contributed by atoms with Crippen LogP contribution in [0.1, 0.15) is 5.56 Å². The molecule has 20 heavy (non-hydrogen) atoms. The van der Waals surface area contributed by atoms with E-state index >= 15 is 0 Å². The molecule has 0 amide bonds. The monoisotopic (exact) mass is 292 g/mol. The van der Waals surface area contributed by atoms with Crippen LogP contribution in [0.2, 0.25) is 0 Å². The van der Waals surface area contributed by atoms with Crippen LogP contribution in [0.25, 0.3) is 4.96 Å². The summed E-state index contributed by atoms with van der Waals surface area (Å²) in [5.41, 5.74) is 0.973. The molecule has 0 aromatic carbocycles. The van der Waals surface area contributed by atoms with Gasteiger partial charge in [-0.2, -0.15) is 14.5 Å². The predicted molar refractivity (Wildman–Crippen MR) is 75.0 cm³/mol. The summed E-state index contributed by atoms with van der Waals surface area (Å²) in [5.74, 6) is 0.360. The molecule has 3 aromatic heterocycles. The van der Waals surface area contributed by atoms with Gasteiger partial charge in [0.1, 0.15) is 6.20 Å². The van der Waals surface area contributed by atoms with Crippen LogP contribution in [0.3, 0.4) is 0 Å². The van der Waals surface area contributed by atoms with Crippen LogP contribution in [-0.4, -0.2) is 31.1 Å². The van der Waals surface area contributed by atoms with Crippen molar-refractivity contribution in [3.05, 3.63) is 39.6 Å². The topological polar surface area (TPSA) is 81.5 Å². The molecule has 0 unspecified atom stereocenters. The maximum absolute atomic E-state index is 11.3. The zero-order valence-electron chi connectivity index (χ0n) is 10.9. The van der Waals surface area contributed by atoms with Gasteiger partial charge in [-0.3, -0.25) is 4.68 Å². The molecule has 0 aliphatic heterocycles. The highest BCUT2D eigenvalue weighted by Crippen LogP contribution is 2.30. The molecule has 8 nitrogen and oxygen atoms in total. The zero-order chi connectivity index (χ0) is 14.3. The van der Waals surface area contributed by atoms with Gasteiger partial charge in [-0.25, -0.2) is 0 Å². The standard InChI is InChI=1S/C11H12N6O2S/c1-14(6-8-5-12-15(2)7-8)9-10(17(18)19)16-3-4-20-11(16)13-9/h3-5,7H,6H2,1-2H3. The summed E-state index contributed by atoms with van der Waals surface area (Å²) in [5, 5.41) is 17.1. The molecule has 0 saturated heterocycles. The highest BCUT2D eigenvalue weighted by atomic mass is 32.1. The van der Waals surface area contributed by atoms with Gasteiger partial charge < -0.3 is 15.0 Å². The van der Waals surface area contributed by atoms with Crippen LogP contribution in [0.4, 0.5) is 11.6 Å². The molecule has 0 aliphatic carbocycles. The van der Waals surface area contributed by atoms with E-state index in [4.69, 9.17) is 0 Å². The van der Waals surface area contributed by atoms with Gasteiger partial charge in [0.25, 0.3) is 4.96 Å². The van der Waals surface area contributed by atoms with E-state index in [1.165, 1.54) is 15.7 Å². The number of thiazole rings is 1. The molecule has 9 heteroatoms. The lowest BCUT2D eigenvalue weighted by Crippen LogP contribution is -2.17. The number of aromatic nitrogens is 4. The fourth-order valence-corrected chi connectivity index (χ4v) is 2.79. The van der Waals surface area contributed by atoms with Crippen molar-refractivity contribution in [3.8, 4) is 0 Å². The largest absolute Gasteiger partial charge is 0.373 e. The lowest BCUT2D eigenvalue weighted by atomic mass is 10.3. The van der Waals surface area contributed by atoms with Gasteiger partial charge in [-0.1, -0.05) is 11.3 Å². The molecule has 0 saturated carbocycles. The van der Waals surface area contributed by atoms with Crippen LogP contribution in [-0.2, 0) is 13.6 Å². The minimum absolute atomic E-state index is 0.00681. The van der Waals surface area contributed by atoms with E-state index in [1.807, 2.05) is 13.2 Å². The minimum Gasteiger partial charge on any atom is -0.358 e. The Morgan fingerprint density at radius 3 is 3.00 bits per heavy atom. The van der Waals surface area contributed by atoms with Crippen molar-refractivity contribution < 1.29 is 4.92 Å². The Kier molecular flexibility index (Phi) is 2.90. The van der Waals surface area contributed by atoms with Crippen LogP contribution in [0.5, 0.6) is 0 Å². The summed E-state index contributed by atoms with van der Waals surface area (Å²) in [6.45, 7) is 0.513. The van der Waals surface area contributed by atoms with Gasteiger partial charge in [0.15, 0.2) is 0 Å². The molecular formula is C11H12N6O2S. The van der Waals surface area contributed by atoms with Gasteiger partial charge in [-0.05, 0) is 4.92 Å². The first-order chi connectivity index (χ1) is 9.56. The van der Waals surface area contributed by atoms with Crippen LogP contribution >= 0.6 is 11.3 Å². The number of nitro groups is 1. The summed E-state index contributed by atoms with van der Waals surface area (Å²) in [4.78, 5) is 17.6. The quantitative estimate of drug-likeness (QED) is 0.539. The Bertz CT molecular complexity index is 773. The Labute approximate surface area is 118 Å². The first-order valence-electron chi connectivity index (χ1n) is 5.85. The van der Waals surface area contributed by atoms with Crippen molar-refractivity contribution in [3.63, 3.8) is 0 Å². The molecule has 104 valence electrons. The van der Waals surface area contributed by atoms with Crippen molar-refractivity contribution in [1.82, 2.24) is 19.2 Å². The number of anilines is 1.